The monoisotopic (exact) mass is 437 g/mol. The fourth-order valence-electron chi connectivity index (χ4n) is 2.91. The fourth-order valence-corrected chi connectivity index (χ4v) is 2.91. The molecule has 166 valence electrons. The van der Waals surface area contributed by atoms with E-state index in [9.17, 15) is 20.2 Å². The van der Waals surface area contributed by atoms with E-state index in [4.69, 9.17) is 14.2 Å². The van der Waals surface area contributed by atoms with Crippen LogP contribution in [0, 0.1) is 27.4 Å². The number of benzene rings is 2. The van der Waals surface area contributed by atoms with E-state index in [1.165, 1.54) is 18.2 Å². The van der Waals surface area contributed by atoms with Crippen molar-refractivity contribution in [3.63, 3.8) is 0 Å². The van der Waals surface area contributed by atoms with E-state index in [-0.39, 0.29) is 35.1 Å². The van der Waals surface area contributed by atoms with Gasteiger partial charge in [0.2, 0.25) is 0 Å². The number of nitrogens with one attached hydrogen (secondary N) is 1. The third-order valence-electron chi connectivity index (χ3n) is 4.63. The molecule has 32 heavy (non-hydrogen) atoms. The van der Waals surface area contributed by atoms with Gasteiger partial charge in [-0.15, -0.1) is 0 Å². The zero-order valence-corrected chi connectivity index (χ0v) is 17.8. The third kappa shape index (κ3) is 5.76. The number of rotatable bonds is 8. The van der Waals surface area contributed by atoms with Crippen molar-refractivity contribution in [2.45, 2.75) is 20.3 Å². The van der Waals surface area contributed by atoms with E-state index in [0.29, 0.717) is 30.4 Å². The Bertz CT molecular complexity index is 1070. The molecule has 3 rings (SSSR count). The molecule has 1 heterocycles. The van der Waals surface area contributed by atoms with Crippen LogP contribution in [-0.2, 0) is 4.79 Å². The van der Waals surface area contributed by atoms with Crippen molar-refractivity contribution in [1.82, 2.24) is 0 Å². The number of nitriles is 1. The maximum atomic E-state index is 12.6. The van der Waals surface area contributed by atoms with Crippen molar-refractivity contribution < 1.29 is 23.9 Å². The Labute approximate surface area is 185 Å². The standard InChI is InChI=1S/C23H23N3O6/c1-15(2)7-8-30-18-5-3-16(4-6-18)11-17(14-24)23(27)25-19-12-21-22(32-10-9-31-21)13-20(19)26(28)29/h3-6,11-13,15H,7-10H2,1-2H3,(H,25,27)/b17-11+. The molecule has 0 spiro atoms. The Kier molecular flexibility index (Phi) is 7.29. The average molecular weight is 437 g/mol. The predicted octanol–water partition coefficient (Wildman–Crippen LogP) is 4.34. The summed E-state index contributed by atoms with van der Waals surface area (Å²) >= 11 is 0. The summed E-state index contributed by atoms with van der Waals surface area (Å²) in [5, 5.41) is 23.3. The molecule has 1 aliphatic rings. The molecule has 1 N–H and O–H groups in total. The fraction of sp³-hybridized carbons (Fsp3) is 0.304. The normalized spacial score (nSPS) is 12.8. The van der Waals surface area contributed by atoms with Crippen LogP contribution in [0.2, 0.25) is 0 Å². The van der Waals surface area contributed by atoms with Crippen molar-refractivity contribution in [1.29, 1.82) is 5.26 Å². The molecular weight excluding hydrogens is 414 g/mol. The predicted molar refractivity (Wildman–Crippen MR) is 118 cm³/mol. The van der Waals surface area contributed by atoms with E-state index in [1.54, 1.807) is 24.3 Å². The Hall–Kier alpha value is -4.06. The van der Waals surface area contributed by atoms with Crippen LogP contribution in [0.25, 0.3) is 6.08 Å². The summed E-state index contributed by atoms with van der Waals surface area (Å²) in [7, 11) is 0. The quantitative estimate of drug-likeness (QED) is 0.282. The summed E-state index contributed by atoms with van der Waals surface area (Å²) < 4.78 is 16.4. The lowest BCUT2D eigenvalue weighted by atomic mass is 10.1. The first kappa shape index (κ1) is 22.6. The summed E-state index contributed by atoms with van der Waals surface area (Å²) in [6.07, 6.45) is 2.34. The first-order valence-electron chi connectivity index (χ1n) is 10.1. The molecule has 0 saturated heterocycles. The number of ether oxygens (including phenoxy) is 3. The van der Waals surface area contributed by atoms with Gasteiger partial charge in [-0.3, -0.25) is 14.9 Å². The topological polar surface area (TPSA) is 124 Å². The Morgan fingerprint density at radius 3 is 2.50 bits per heavy atom. The molecule has 0 radical (unpaired) electrons. The minimum absolute atomic E-state index is 0.0840. The maximum absolute atomic E-state index is 12.6. The summed E-state index contributed by atoms with van der Waals surface area (Å²) in [6.45, 7) is 5.40. The first-order chi connectivity index (χ1) is 15.4. The molecule has 0 atom stereocenters. The zero-order chi connectivity index (χ0) is 23.1. The average Bonchev–Trinajstić information content (AvgIpc) is 2.77. The highest BCUT2D eigenvalue weighted by molar-refractivity contribution is 6.10. The van der Waals surface area contributed by atoms with Crippen LogP contribution >= 0.6 is 0 Å². The number of hydrogen-bond donors (Lipinski definition) is 1. The van der Waals surface area contributed by atoms with Gasteiger partial charge in [0.25, 0.3) is 11.6 Å². The lowest BCUT2D eigenvalue weighted by Gasteiger charge is -2.19. The maximum Gasteiger partial charge on any atom is 0.296 e. The van der Waals surface area contributed by atoms with Crippen LogP contribution < -0.4 is 19.5 Å². The van der Waals surface area contributed by atoms with E-state index in [0.717, 1.165) is 6.42 Å². The lowest BCUT2D eigenvalue weighted by Crippen LogP contribution is -2.18. The van der Waals surface area contributed by atoms with Gasteiger partial charge in [-0.05, 0) is 36.1 Å². The third-order valence-corrected chi connectivity index (χ3v) is 4.63. The second-order valence-corrected chi connectivity index (χ2v) is 7.49. The van der Waals surface area contributed by atoms with Gasteiger partial charge in [-0.1, -0.05) is 26.0 Å². The van der Waals surface area contributed by atoms with Crippen LogP contribution in [-0.4, -0.2) is 30.7 Å². The Morgan fingerprint density at radius 2 is 1.91 bits per heavy atom. The molecule has 9 nitrogen and oxygen atoms in total. The van der Waals surface area contributed by atoms with Crippen LogP contribution in [0.5, 0.6) is 17.2 Å². The van der Waals surface area contributed by atoms with Crippen molar-refractivity contribution >= 4 is 23.4 Å². The van der Waals surface area contributed by atoms with Crippen LogP contribution in [0.3, 0.4) is 0 Å². The Morgan fingerprint density at radius 1 is 1.25 bits per heavy atom. The van der Waals surface area contributed by atoms with Gasteiger partial charge in [-0.25, -0.2) is 0 Å². The first-order valence-corrected chi connectivity index (χ1v) is 10.1. The molecule has 0 aromatic heterocycles. The number of amides is 1. The minimum Gasteiger partial charge on any atom is -0.494 e. The van der Waals surface area contributed by atoms with Crippen LogP contribution in [0.15, 0.2) is 42.0 Å². The van der Waals surface area contributed by atoms with Crippen molar-refractivity contribution in [3.8, 4) is 23.3 Å². The lowest BCUT2D eigenvalue weighted by molar-refractivity contribution is -0.384. The number of nitro groups is 1. The highest BCUT2D eigenvalue weighted by Crippen LogP contribution is 2.39. The molecule has 9 heteroatoms. The second kappa shape index (κ2) is 10.3. The van der Waals surface area contributed by atoms with Crippen molar-refractivity contribution in [3.05, 3.63) is 57.6 Å². The molecule has 0 saturated carbocycles. The zero-order valence-electron chi connectivity index (χ0n) is 17.8. The van der Waals surface area contributed by atoms with Crippen LogP contribution in [0.1, 0.15) is 25.8 Å². The minimum atomic E-state index is -0.774. The molecule has 0 unspecified atom stereocenters. The summed E-state index contributed by atoms with van der Waals surface area (Å²) in [6, 6.07) is 11.3. The number of carbonyl (C=O) groups excluding carboxylic acids is 1. The molecule has 2 aromatic carbocycles. The highest BCUT2D eigenvalue weighted by Gasteiger charge is 2.24. The SMILES string of the molecule is CC(C)CCOc1ccc(/C=C(\C#N)C(=O)Nc2cc3c(cc2[N+](=O)[O-])OCCO3)cc1. The number of nitro benzene ring substituents is 1. The van der Waals surface area contributed by atoms with Gasteiger partial charge >= 0.3 is 0 Å². The van der Waals surface area contributed by atoms with Gasteiger partial charge < -0.3 is 19.5 Å². The molecule has 1 amide bonds. The highest BCUT2D eigenvalue weighted by atomic mass is 16.6. The molecular formula is C23H23N3O6. The van der Waals surface area contributed by atoms with Gasteiger partial charge in [0, 0.05) is 6.07 Å². The van der Waals surface area contributed by atoms with E-state index in [2.05, 4.69) is 19.2 Å². The van der Waals surface area contributed by atoms with Crippen LogP contribution in [0.4, 0.5) is 11.4 Å². The largest absolute Gasteiger partial charge is 0.494 e. The molecule has 2 aromatic rings. The molecule has 1 aliphatic heterocycles. The second-order valence-electron chi connectivity index (χ2n) is 7.49. The van der Waals surface area contributed by atoms with Gasteiger partial charge in [0.1, 0.15) is 36.3 Å². The summed E-state index contributed by atoms with van der Waals surface area (Å²) in [4.78, 5) is 23.4. The number of nitrogens with zero attached hydrogens (tertiary/aromatic N) is 2. The van der Waals surface area contributed by atoms with E-state index < -0.39 is 10.8 Å². The number of hydrogen-bond acceptors (Lipinski definition) is 7. The van der Waals surface area contributed by atoms with Crippen molar-refractivity contribution in [2.24, 2.45) is 5.92 Å². The molecule has 0 bridgehead atoms. The molecule has 0 fully saturated rings. The van der Waals surface area contributed by atoms with Gasteiger partial charge in [0.05, 0.1) is 17.6 Å². The van der Waals surface area contributed by atoms with E-state index in [1.807, 2.05) is 6.07 Å². The molecule has 0 aliphatic carbocycles. The number of anilines is 1. The number of carbonyl (C=O) groups is 1. The Balaban J connectivity index is 1.76. The van der Waals surface area contributed by atoms with Crippen molar-refractivity contribution in [2.75, 3.05) is 25.1 Å². The summed E-state index contributed by atoms with van der Waals surface area (Å²) in [5.41, 5.74) is -0.0330. The number of fused-ring (bicyclic) bond motifs is 1. The van der Waals surface area contributed by atoms with Gasteiger partial charge in [-0.2, -0.15) is 5.26 Å². The smallest absolute Gasteiger partial charge is 0.296 e. The van der Waals surface area contributed by atoms with Gasteiger partial charge in [0.15, 0.2) is 11.5 Å². The summed E-state index contributed by atoms with van der Waals surface area (Å²) in [5.74, 6) is 0.974. The van der Waals surface area contributed by atoms with E-state index >= 15 is 0 Å².